The van der Waals surface area contributed by atoms with E-state index in [1.54, 1.807) is 0 Å². The maximum atomic E-state index is 12.4. The van der Waals surface area contributed by atoms with Gasteiger partial charge >= 0.3 is 0 Å². The maximum Gasteiger partial charge on any atom is 0.264 e. The fourth-order valence-corrected chi connectivity index (χ4v) is 0.672. The van der Waals surface area contributed by atoms with Crippen molar-refractivity contribution >= 4 is 6.29 Å². The highest BCUT2D eigenvalue weighted by Gasteiger charge is 2.24. The van der Waals surface area contributed by atoms with Gasteiger partial charge in [-0.2, -0.15) is 0 Å². The van der Waals surface area contributed by atoms with E-state index in [9.17, 15) is 13.6 Å². The number of hydrogen-bond acceptors (Lipinski definition) is 4. The Morgan fingerprint density at radius 3 is 2.83 bits per heavy atom. The predicted octanol–water partition coefficient (Wildman–Crippen LogP) is 0.141. The quantitative estimate of drug-likeness (QED) is 0.614. The lowest BCUT2D eigenvalue weighted by atomic mass is 10.4. The van der Waals surface area contributed by atoms with E-state index in [1.807, 2.05) is 0 Å². The molecule has 5 nitrogen and oxygen atoms in total. The molecule has 0 spiro atoms. The summed E-state index contributed by atoms with van der Waals surface area (Å²) >= 11 is 0. The first-order valence-electron chi connectivity index (χ1n) is 3.12. The third-order valence-electron chi connectivity index (χ3n) is 1.09. The molecule has 0 aromatic carbocycles. The van der Waals surface area contributed by atoms with Gasteiger partial charge in [-0.1, -0.05) is 0 Å². The molecule has 66 valence electrons. The van der Waals surface area contributed by atoms with Crippen LogP contribution in [0.5, 0.6) is 0 Å². The summed E-state index contributed by atoms with van der Waals surface area (Å²) in [7, 11) is 0. The van der Waals surface area contributed by atoms with Crippen molar-refractivity contribution in [2.24, 2.45) is 0 Å². The van der Waals surface area contributed by atoms with E-state index in [0.717, 1.165) is 11.6 Å². The second-order valence-corrected chi connectivity index (χ2v) is 2.38. The zero-order valence-electron chi connectivity index (χ0n) is 6.24. The Labute approximate surface area is 66.4 Å². The molecule has 0 unspecified atom stereocenters. The van der Waals surface area contributed by atoms with E-state index in [1.165, 1.54) is 0 Å². The first-order valence-corrected chi connectivity index (χ1v) is 3.12. The highest BCUT2D eigenvalue weighted by Crippen LogP contribution is 2.13. The van der Waals surface area contributed by atoms with Crippen molar-refractivity contribution in [3.63, 3.8) is 0 Å². The zero-order valence-corrected chi connectivity index (χ0v) is 6.24. The normalized spacial score (nSPS) is 11.6. The van der Waals surface area contributed by atoms with Crippen LogP contribution in [0.2, 0.25) is 0 Å². The SMILES string of the molecule is CC(F)(F)Cn1nnnc1C=O. The summed E-state index contributed by atoms with van der Waals surface area (Å²) in [6, 6.07) is 0. The van der Waals surface area contributed by atoms with Gasteiger partial charge in [-0.15, -0.1) is 5.10 Å². The van der Waals surface area contributed by atoms with Gasteiger partial charge in [-0.25, -0.2) is 13.5 Å². The van der Waals surface area contributed by atoms with Crippen LogP contribution >= 0.6 is 0 Å². The molecule has 0 N–H and O–H groups in total. The van der Waals surface area contributed by atoms with Crippen LogP contribution in [0.25, 0.3) is 0 Å². The van der Waals surface area contributed by atoms with Crippen LogP contribution in [0.1, 0.15) is 17.5 Å². The predicted molar refractivity (Wildman–Crippen MR) is 33.8 cm³/mol. The molecular weight excluding hydrogens is 170 g/mol. The van der Waals surface area contributed by atoms with Gasteiger partial charge in [0.2, 0.25) is 5.82 Å². The Kier molecular flexibility index (Phi) is 2.11. The van der Waals surface area contributed by atoms with Gasteiger partial charge in [0.1, 0.15) is 6.54 Å². The smallest absolute Gasteiger partial charge is 0.264 e. The zero-order chi connectivity index (χ0) is 9.19. The Hall–Kier alpha value is -1.40. The van der Waals surface area contributed by atoms with Crippen molar-refractivity contribution < 1.29 is 13.6 Å². The van der Waals surface area contributed by atoms with Crippen LogP contribution in [0, 0.1) is 0 Å². The van der Waals surface area contributed by atoms with Crippen LogP contribution in [0.15, 0.2) is 0 Å². The number of rotatable bonds is 3. The number of aromatic nitrogens is 4. The first-order chi connectivity index (χ1) is 5.53. The van der Waals surface area contributed by atoms with Crippen LogP contribution in [0.3, 0.4) is 0 Å². The number of carbonyl (C=O) groups excluding carboxylic acids is 1. The molecule has 0 aliphatic heterocycles. The third-order valence-corrected chi connectivity index (χ3v) is 1.09. The highest BCUT2D eigenvalue weighted by atomic mass is 19.3. The lowest BCUT2D eigenvalue weighted by Crippen LogP contribution is -2.21. The van der Waals surface area contributed by atoms with Gasteiger partial charge in [-0.3, -0.25) is 4.79 Å². The average molecular weight is 176 g/mol. The molecular formula is C5H6F2N4O. The lowest BCUT2D eigenvalue weighted by molar-refractivity contribution is -0.000331. The summed E-state index contributed by atoms with van der Waals surface area (Å²) in [5, 5.41) is 9.51. The van der Waals surface area contributed by atoms with Crippen molar-refractivity contribution in [3.05, 3.63) is 5.82 Å². The molecule has 0 fully saturated rings. The third kappa shape index (κ3) is 2.04. The molecule has 12 heavy (non-hydrogen) atoms. The van der Waals surface area contributed by atoms with Crippen LogP contribution in [-0.4, -0.2) is 32.4 Å². The number of aldehydes is 1. The monoisotopic (exact) mass is 176 g/mol. The summed E-state index contributed by atoms with van der Waals surface area (Å²) in [5.74, 6) is -3.12. The number of halogens is 2. The molecule has 0 aliphatic rings. The van der Waals surface area contributed by atoms with Gasteiger partial charge in [0.15, 0.2) is 6.29 Å². The van der Waals surface area contributed by atoms with E-state index in [-0.39, 0.29) is 5.82 Å². The van der Waals surface area contributed by atoms with E-state index in [4.69, 9.17) is 0 Å². The number of carbonyl (C=O) groups is 1. The number of hydrogen-bond donors (Lipinski definition) is 0. The molecule has 1 heterocycles. The standard InChI is InChI=1S/C5H6F2N4O/c1-5(6,7)3-11-4(2-12)8-9-10-11/h2H,3H2,1H3. The van der Waals surface area contributed by atoms with E-state index < -0.39 is 12.5 Å². The van der Waals surface area contributed by atoms with E-state index >= 15 is 0 Å². The van der Waals surface area contributed by atoms with Crippen molar-refractivity contribution in [2.75, 3.05) is 0 Å². The Morgan fingerprint density at radius 2 is 2.33 bits per heavy atom. The maximum absolute atomic E-state index is 12.4. The van der Waals surface area contributed by atoms with Gasteiger partial charge in [-0.05, 0) is 10.4 Å². The summed E-state index contributed by atoms with van der Waals surface area (Å²) in [6.07, 6.45) is 0.325. The molecule has 0 saturated carbocycles. The Morgan fingerprint density at radius 1 is 1.67 bits per heavy atom. The lowest BCUT2D eigenvalue weighted by Gasteiger charge is -2.08. The molecule has 0 radical (unpaired) electrons. The van der Waals surface area contributed by atoms with Gasteiger partial charge in [0, 0.05) is 6.92 Å². The van der Waals surface area contributed by atoms with Gasteiger partial charge in [0.25, 0.3) is 5.92 Å². The molecule has 0 saturated heterocycles. The van der Waals surface area contributed by atoms with Gasteiger partial charge < -0.3 is 0 Å². The minimum atomic E-state index is -2.92. The molecule has 0 atom stereocenters. The Balaban J connectivity index is 2.81. The van der Waals surface area contributed by atoms with Crippen molar-refractivity contribution in [2.45, 2.75) is 19.4 Å². The largest absolute Gasteiger partial charge is 0.294 e. The molecule has 1 aromatic heterocycles. The molecule has 7 heteroatoms. The Bertz CT molecular complexity index is 279. The van der Waals surface area contributed by atoms with Crippen LogP contribution < -0.4 is 0 Å². The first kappa shape index (κ1) is 8.69. The molecule has 1 aromatic rings. The summed E-state index contributed by atoms with van der Waals surface area (Å²) in [4.78, 5) is 10.2. The molecule has 0 amide bonds. The molecule has 0 bridgehead atoms. The van der Waals surface area contributed by atoms with Crippen LogP contribution in [-0.2, 0) is 6.54 Å². The minimum absolute atomic E-state index is 0.198. The highest BCUT2D eigenvalue weighted by molar-refractivity contribution is 5.68. The van der Waals surface area contributed by atoms with Crippen molar-refractivity contribution in [1.29, 1.82) is 0 Å². The number of tetrazole rings is 1. The summed E-state index contributed by atoms with van der Waals surface area (Å²) in [6.45, 7) is 0.0390. The summed E-state index contributed by atoms with van der Waals surface area (Å²) < 4.78 is 25.5. The fraction of sp³-hybridized carbons (Fsp3) is 0.600. The number of nitrogens with zero attached hydrogens (tertiary/aromatic N) is 4. The number of alkyl halides is 2. The molecule has 1 rings (SSSR count). The van der Waals surface area contributed by atoms with Crippen LogP contribution in [0.4, 0.5) is 8.78 Å². The molecule has 0 aliphatic carbocycles. The van der Waals surface area contributed by atoms with E-state index in [2.05, 4.69) is 15.5 Å². The fourth-order valence-electron chi connectivity index (χ4n) is 0.672. The minimum Gasteiger partial charge on any atom is -0.294 e. The second kappa shape index (κ2) is 2.92. The van der Waals surface area contributed by atoms with Gasteiger partial charge in [0.05, 0.1) is 0 Å². The summed E-state index contributed by atoms with van der Waals surface area (Å²) in [5.41, 5.74) is 0. The average Bonchev–Trinajstić information content (AvgIpc) is 2.31. The van der Waals surface area contributed by atoms with E-state index in [0.29, 0.717) is 6.29 Å². The second-order valence-electron chi connectivity index (χ2n) is 2.38. The van der Waals surface area contributed by atoms with Crippen molar-refractivity contribution in [1.82, 2.24) is 20.2 Å². The topological polar surface area (TPSA) is 60.7 Å². The van der Waals surface area contributed by atoms with Crippen molar-refractivity contribution in [3.8, 4) is 0 Å².